The van der Waals surface area contributed by atoms with Gasteiger partial charge in [-0.3, -0.25) is 0 Å². The molecular weight excluding hydrogens is 202 g/mol. The van der Waals surface area contributed by atoms with Crippen molar-refractivity contribution in [3.63, 3.8) is 0 Å². The van der Waals surface area contributed by atoms with Crippen LogP contribution in [0.1, 0.15) is 29.2 Å². The number of hydrogen-bond donors (Lipinski definition) is 1. The zero-order valence-electron chi connectivity index (χ0n) is 9.53. The van der Waals surface area contributed by atoms with Crippen LogP contribution >= 0.6 is 12.6 Å². The van der Waals surface area contributed by atoms with Gasteiger partial charge in [0, 0.05) is 11.8 Å². The Morgan fingerprint density at radius 1 is 1.27 bits per heavy atom. The highest BCUT2D eigenvalue weighted by Crippen LogP contribution is 2.27. The van der Waals surface area contributed by atoms with E-state index in [1.165, 1.54) is 24.8 Å². The monoisotopic (exact) mass is 221 g/mol. The van der Waals surface area contributed by atoms with Crippen molar-refractivity contribution in [1.29, 1.82) is 0 Å². The van der Waals surface area contributed by atoms with Crippen molar-refractivity contribution in [2.75, 3.05) is 19.8 Å². The third-order valence-electron chi connectivity index (χ3n) is 3.30. The van der Waals surface area contributed by atoms with Gasteiger partial charge in [0.25, 0.3) is 0 Å². The van der Waals surface area contributed by atoms with E-state index in [-0.39, 0.29) is 0 Å². The molecule has 0 amide bonds. The molecule has 2 rings (SSSR count). The van der Waals surface area contributed by atoms with Crippen LogP contribution in [0.25, 0.3) is 0 Å². The summed E-state index contributed by atoms with van der Waals surface area (Å²) in [5.41, 5.74) is 4.52. The van der Waals surface area contributed by atoms with E-state index < -0.39 is 0 Å². The molecule has 1 aromatic rings. The summed E-state index contributed by atoms with van der Waals surface area (Å²) >= 11 is 4.43. The van der Waals surface area contributed by atoms with Crippen LogP contribution in [0.4, 0.5) is 0 Å². The first-order valence-corrected chi connectivity index (χ1v) is 6.24. The van der Waals surface area contributed by atoms with Crippen molar-refractivity contribution in [3.05, 3.63) is 34.9 Å². The molecule has 0 saturated carbocycles. The van der Waals surface area contributed by atoms with Crippen molar-refractivity contribution in [3.8, 4) is 0 Å². The molecule has 1 aromatic carbocycles. The fraction of sp³-hybridized carbons (Fsp3) is 0.538. The lowest BCUT2D eigenvalue weighted by Gasteiger charge is -2.23. The van der Waals surface area contributed by atoms with Crippen LogP contribution < -0.4 is 0 Å². The minimum absolute atomic E-state index is 0.444. The summed E-state index contributed by atoms with van der Waals surface area (Å²) in [6, 6.07) is 7.39. The molecule has 0 radical (unpaired) electrons. The van der Waals surface area contributed by atoms with E-state index in [0.717, 1.165) is 5.75 Å². The van der Waals surface area contributed by atoms with Crippen LogP contribution in [-0.4, -0.2) is 24.7 Å². The Morgan fingerprint density at radius 3 is 2.67 bits per heavy atom. The Morgan fingerprint density at radius 2 is 2.00 bits per heavy atom. The zero-order valence-corrected chi connectivity index (χ0v) is 10.4. The molecule has 1 unspecified atom stereocenters. The van der Waals surface area contributed by atoms with Crippen molar-refractivity contribution in [2.24, 2.45) is 0 Å². The SMILES string of the molecule is CN(C)C(CS)c1ccc2c(c1)CCC2. The van der Waals surface area contributed by atoms with Gasteiger partial charge < -0.3 is 4.90 Å². The van der Waals surface area contributed by atoms with Crippen molar-refractivity contribution in [2.45, 2.75) is 25.3 Å². The fourth-order valence-electron chi connectivity index (χ4n) is 2.37. The quantitative estimate of drug-likeness (QED) is 0.768. The summed E-state index contributed by atoms with van der Waals surface area (Å²) in [6.45, 7) is 0. The first-order valence-electron chi connectivity index (χ1n) is 5.61. The van der Waals surface area contributed by atoms with Gasteiger partial charge in [-0.25, -0.2) is 0 Å². The predicted molar refractivity (Wildman–Crippen MR) is 68.7 cm³/mol. The zero-order chi connectivity index (χ0) is 10.8. The van der Waals surface area contributed by atoms with Gasteiger partial charge in [-0.05, 0) is 50.0 Å². The number of rotatable bonds is 3. The second kappa shape index (κ2) is 4.58. The first-order chi connectivity index (χ1) is 7.22. The maximum atomic E-state index is 4.43. The summed E-state index contributed by atoms with van der Waals surface area (Å²) in [6.07, 6.45) is 3.85. The maximum Gasteiger partial charge on any atom is 0.0430 e. The third kappa shape index (κ3) is 2.21. The highest BCUT2D eigenvalue weighted by molar-refractivity contribution is 7.80. The summed E-state index contributed by atoms with van der Waals surface area (Å²) in [5.74, 6) is 0.881. The molecule has 0 N–H and O–H groups in total. The van der Waals surface area contributed by atoms with E-state index in [0.29, 0.717) is 6.04 Å². The molecule has 82 valence electrons. The molecule has 15 heavy (non-hydrogen) atoms. The first kappa shape index (κ1) is 11.0. The number of hydrogen-bond acceptors (Lipinski definition) is 2. The Kier molecular flexibility index (Phi) is 3.37. The number of benzene rings is 1. The van der Waals surface area contributed by atoms with E-state index in [4.69, 9.17) is 0 Å². The molecule has 0 fully saturated rings. The van der Waals surface area contributed by atoms with Gasteiger partial charge in [-0.15, -0.1) is 0 Å². The number of thiol groups is 1. The van der Waals surface area contributed by atoms with E-state index >= 15 is 0 Å². The van der Waals surface area contributed by atoms with Gasteiger partial charge in [-0.1, -0.05) is 18.2 Å². The predicted octanol–water partition coefficient (Wildman–Crippen LogP) is 2.71. The van der Waals surface area contributed by atoms with Crippen molar-refractivity contribution < 1.29 is 0 Å². The van der Waals surface area contributed by atoms with Crippen LogP contribution in [0, 0.1) is 0 Å². The van der Waals surface area contributed by atoms with E-state index in [1.54, 1.807) is 11.1 Å². The molecule has 1 aliphatic carbocycles. The largest absolute Gasteiger partial charge is 0.302 e. The van der Waals surface area contributed by atoms with Gasteiger partial charge in [0.15, 0.2) is 0 Å². The molecule has 1 aliphatic rings. The van der Waals surface area contributed by atoms with Crippen LogP contribution in [0.3, 0.4) is 0 Å². The molecule has 0 aromatic heterocycles. The van der Waals surface area contributed by atoms with Crippen LogP contribution in [-0.2, 0) is 12.8 Å². The summed E-state index contributed by atoms with van der Waals surface area (Å²) < 4.78 is 0. The fourth-order valence-corrected chi connectivity index (χ4v) is 2.90. The van der Waals surface area contributed by atoms with Gasteiger partial charge in [0.2, 0.25) is 0 Å². The molecule has 2 heteroatoms. The van der Waals surface area contributed by atoms with Crippen LogP contribution in [0.15, 0.2) is 18.2 Å². The Hall–Kier alpha value is -0.470. The van der Waals surface area contributed by atoms with Gasteiger partial charge in [0.05, 0.1) is 0 Å². The number of fused-ring (bicyclic) bond motifs is 1. The minimum Gasteiger partial charge on any atom is -0.302 e. The van der Waals surface area contributed by atoms with E-state index in [1.807, 2.05) is 0 Å². The number of nitrogens with zero attached hydrogens (tertiary/aromatic N) is 1. The lowest BCUT2D eigenvalue weighted by molar-refractivity contribution is 0.326. The van der Waals surface area contributed by atoms with Crippen molar-refractivity contribution >= 4 is 12.6 Å². The van der Waals surface area contributed by atoms with Gasteiger partial charge >= 0.3 is 0 Å². The Labute approximate surface area is 97.9 Å². The maximum absolute atomic E-state index is 4.43. The molecule has 0 spiro atoms. The lowest BCUT2D eigenvalue weighted by Crippen LogP contribution is -2.21. The minimum atomic E-state index is 0.444. The van der Waals surface area contributed by atoms with Crippen LogP contribution in [0.2, 0.25) is 0 Å². The number of aryl methyl sites for hydroxylation is 2. The Balaban J connectivity index is 2.28. The van der Waals surface area contributed by atoms with E-state index in [2.05, 4.69) is 49.8 Å². The third-order valence-corrected chi connectivity index (χ3v) is 3.65. The van der Waals surface area contributed by atoms with Gasteiger partial charge in [-0.2, -0.15) is 12.6 Å². The average molecular weight is 221 g/mol. The molecule has 1 nitrogen and oxygen atoms in total. The summed E-state index contributed by atoms with van der Waals surface area (Å²) in [5, 5.41) is 0. The van der Waals surface area contributed by atoms with Gasteiger partial charge in [0.1, 0.15) is 0 Å². The van der Waals surface area contributed by atoms with E-state index in [9.17, 15) is 0 Å². The molecular formula is C13H19NS. The normalized spacial score (nSPS) is 16.8. The van der Waals surface area contributed by atoms with Crippen molar-refractivity contribution in [1.82, 2.24) is 4.90 Å². The molecule has 0 bridgehead atoms. The summed E-state index contributed by atoms with van der Waals surface area (Å²) in [7, 11) is 4.24. The highest BCUT2D eigenvalue weighted by Gasteiger charge is 2.16. The summed E-state index contributed by atoms with van der Waals surface area (Å²) in [4.78, 5) is 2.24. The highest BCUT2D eigenvalue weighted by atomic mass is 32.1. The van der Waals surface area contributed by atoms with Crippen LogP contribution in [0.5, 0.6) is 0 Å². The second-order valence-electron chi connectivity index (χ2n) is 4.54. The Bertz CT molecular complexity index is 346. The average Bonchev–Trinajstić information content (AvgIpc) is 2.65. The lowest BCUT2D eigenvalue weighted by atomic mass is 10.0. The molecule has 0 saturated heterocycles. The molecule has 1 atom stereocenters. The molecule has 0 aliphatic heterocycles. The standard InChI is InChI=1S/C13H19NS/c1-14(2)13(9-15)12-7-6-10-4-3-5-11(10)8-12/h6-8,13,15H,3-5,9H2,1-2H3. The topological polar surface area (TPSA) is 3.24 Å². The second-order valence-corrected chi connectivity index (χ2v) is 4.91. The molecule has 0 heterocycles. The smallest absolute Gasteiger partial charge is 0.0430 e.